The maximum absolute atomic E-state index is 12.0. The molecular formula is C34H38O14. The lowest BCUT2D eigenvalue weighted by Crippen LogP contribution is -2.47. The minimum atomic E-state index is -1.54. The Balaban J connectivity index is 1.17. The highest BCUT2D eigenvalue weighted by Gasteiger charge is 2.61. The SMILES string of the molecule is COC[C@H]1Oc2cc([C@H]3OC[C@]4(O)[C@@H](Oc5c(OC)cc6c(c5OC)OCO6)OC[C@H]34)c(OC)cc2O[C@@H]1c1ccc(OC)c(OC)c1. The molecule has 4 aliphatic rings. The van der Waals surface area contributed by atoms with Crippen LogP contribution in [0.4, 0.5) is 0 Å². The van der Waals surface area contributed by atoms with Gasteiger partial charge in [-0.2, -0.15) is 0 Å². The predicted octanol–water partition coefficient (Wildman–Crippen LogP) is 3.84. The minimum Gasteiger partial charge on any atom is -0.496 e. The van der Waals surface area contributed by atoms with Gasteiger partial charge in [-0.15, -0.1) is 0 Å². The minimum absolute atomic E-state index is 0.0280. The van der Waals surface area contributed by atoms with Crippen molar-refractivity contribution >= 4 is 0 Å². The fourth-order valence-corrected chi connectivity index (χ4v) is 6.67. The van der Waals surface area contributed by atoms with Gasteiger partial charge in [0.05, 0.1) is 67.4 Å². The Morgan fingerprint density at radius 1 is 0.729 bits per heavy atom. The Hall–Kier alpha value is -4.50. The van der Waals surface area contributed by atoms with Crippen molar-refractivity contribution < 1.29 is 66.7 Å². The molecule has 0 saturated carbocycles. The molecular weight excluding hydrogens is 632 g/mol. The zero-order valence-corrected chi connectivity index (χ0v) is 27.4. The summed E-state index contributed by atoms with van der Waals surface area (Å²) in [4.78, 5) is 0. The fourth-order valence-electron chi connectivity index (χ4n) is 6.67. The van der Waals surface area contributed by atoms with Crippen LogP contribution >= 0.6 is 0 Å². The molecule has 4 heterocycles. The van der Waals surface area contributed by atoms with Crippen molar-refractivity contribution in [2.45, 2.75) is 30.2 Å². The number of hydrogen-bond acceptors (Lipinski definition) is 14. The highest BCUT2D eigenvalue weighted by Crippen LogP contribution is 2.56. The van der Waals surface area contributed by atoms with E-state index in [1.165, 1.54) is 14.2 Å². The van der Waals surface area contributed by atoms with Crippen molar-refractivity contribution in [3.63, 3.8) is 0 Å². The second kappa shape index (κ2) is 12.8. The zero-order chi connectivity index (χ0) is 33.6. The third-order valence-corrected chi connectivity index (χ3v) is 9.07. The molecule has 14 nitrogen and oxygen atoms in total. The highest BCUT2D eigenvalue weighted by atomic mass is 16.7. The molecule has 0 unspecified atom stereocenters. The molecule has 48 heavy (non-hydrogen) atoms. The third-order valence-electron chi connectivity index (χ3n) is 9.07. The highest BCUT2D eigenvalue weighted by molar-refractivity contribution is 5.66. The van der Waals surface area contributed by atoms with E-state index in [0.717, 1.165) is 5.56 Å². The van der Waals surface area contributed by atoms with Crippen molar-refractivity contribution in [2.24, 2.45) is 5.92 Å². The monoisotopic (exact) mass is 670 g/mol. The molecule has 0 aromatic heterocycles. The first-order valence-corrected chi connectivity index (χ1v) is 15.3. The van der Waals surface area contributed by atoms with Crippen molar-refractivity contribution in [3.05, 3.63) is 47.5 Å². The second-order valence-electron chi connectivity index (χ2n) is 11.6. The summed E-state index contributed by atoms with van der Waals surface area (Å²) in [5.74, 6) is 3.70. The van der Waals surface area contributed by atoms with Crippen molar-refractivity contribution in [1.82, 2.24) is 0 Å². The summed E-state index contributed by atoms with van der Waals surface area (Å²) in [6.07, 6.45) is -2.76. The molecule has 3 aromatic carbocycles. The standard InChI is InChI=1S/C34H38O14/c1-36-14-27-28(17-7-8-20(37-2)22(9-17)39-4)47-24-11-21(38-3)18(10-23(24)46-27)29-19-13-42-33(34(19,35)15-43-29)48-31-25(40-5)12-26-30(32(31)41-6)45-16-44-26/h7-12,19,27-29,33,35H,13-16H2,1-6H3/t19-,27-,28-,29-,33-,34-/m1/s1. The van der Waals surface area contributed by atoms with E-state index in [4.69, 9.17) is 61.6 Å². The Morgan fingerprint density at radius 2 is 1.48 bits per heavy atom. The van der Waals surface area contributed by atoms with E-state index in [-0.39, 0.29) is 38.1 Å². The lowest BCUT2D eigenvalue weighted by Gasteiger charge is -2.35. The molecule has 2 saturated heterocycles. The van der Waals surface area contributed by atoms with Gasteiger partial charge < -0.3 is 66.7 Å². The number of hydrogen-bond donors (Lipinski definition) is 1. The topological polar surface area (TPSA) is 140 Å². The number of fused-ring (bicyclic) bond motifs is 3. The van der Waals surface area contributed by atoms with E-state index in [2.05, 4.69) is 0 Å². The smallest absolute Gasteiger partial charge is 0.232 e. The number of rotatable bonds is 11. The normalized spacial score (nSPS) is 26.5. The van der Waals surface area contributed by atoms with Crippen LogP contribution in [0.25, 0.3) is 0 Å². The summed E-state index contributed by atoms with van der Waals surface area (Å²) in [6, 6.07) is 10.8. The van der Waals surface area contributed by atoms with Gasteiger partial charge in [-0.1, -0.05) is 6.07 Å². The van der Waals surface area contributed by atoms with Gasteiger partial charge in [0.1, 0.15) is 5.75 Å². The van der Waals surface area contributed by atoms with Gasteiger partial charge in [-0.25, -0.2) is 0 Å². The largest absolute Gasteiger partial charge is 0.496 e. The first-order valence-electron chi connectivity index (χ1n) is 15.3. The van der Waals surface area contributed by atoms with E-state index in [0.29, 0.717) is 51.6 Å². The Bertz CT molecular complexity index is 1660. The average molecular weight is 671 g/mol. The number of ether oxygens (including phenoxy) is 13. The summed E-state index contributed by atoms with van der Waals surface area (Å²) < 4.78 is 76.1. The van der Waals surface area contributed by atoms with Crippen LogP contribution < -0.4 is 47.4 Å². The van der Waals surface area contributed by atoms with Crippen molar-refractivity contribution in [2.75, 3.05) is 69.3 Å². The molecule has 7 rings (SSSR count). The van der Waals surface area contributed by atoms with Crippen LogP contribution in [-0.2, 0) is 14.2 Å². The fraction of sp³-hybridized carbons (Fsp3) is 0.471. The molecule has 1 N–H and O–H groups in total. The van der Waals surface area contributed by atoms with Crippen LogP contribution in [0, 0.1) is 5.92 Å². The van der Waals surface area contributed by atoms with Gasteiger partial charge in [0.2, 0.25) is 30.3 Å². The molecule has 14 heteroatoms. The van der Waals surface area contributed by atoms with Gasteiger partial charge >= 0.3 is 0 Å². The Labute approximate surface area is 277 Å². The number of benzene rings is 3. The molecule has 4 aliphatic heterocycles. The van der Waals surface area contributed by atoms with E-state index in [1.54, 1.807) is 40.6 Å². The third kappa shape index (κ3) is 5.19. The van der Waals surface area contributed by atoms with Gasteiger partial charge in [-0.05, 0) is 18.2 Å². The summed E-state index contributed by atoms with van der Waals surface area (Å²) in [6.45, 7) is 0.335. The van der Waals surface area contributed by atoms with E-state index >= 15 is 0 Å². The Kier molecular flexibility index (Phi) is 8.58. The van der Waals surface area contributed by atoms with Gasteiger partial charge in [0, 0.05) is 30.4 Å². The zero-order valence-electron chi connectivity index (χ0n) is 27.4. The van der Waals surface area contributed by atoms with Crippen LogP contribution in [0.1, 0.15) is 23.3 Å². The van der Waals surface area contributed by atoms with Crippen molar-refractivity contribution in [3.8, 4) is 57.5 Å². The van der Waals surface area contributed by atoms with Crippen molar-refractivity contribution in [1.29, 1.82) is 0 Å². The predicted molar refractivity (Wildman–Crippen MR) is 165 cm³/mol. The lowest BCUT2D eigenvalue weighted by atomic mass is 9.85. The maximum atomic E-state index is 12.0. The molecule has 0 spiro atoms. The molecule has 6 atom stereocenters. The summed E-state index contributed by atoms with van der Waals surface area (Å²) >= 11 is 0. The Morgan fingerprint density at radius 3 is 2.21 bits per heavy atom. The van der Waals surface area contributed by atoms with Gasteiger partial charge in [0.25, 0.3) is 0 Å². The van der Waals surface area contributed by atoms with Crippen LogP contribution in [0.15, 0.2) is 36.4 Å². The van der Waals surface area contributed by atoms with Gasteiger partial charge in [-0.3, -0.25) is 0 Å². The molecule has 0 aliphatic carbocycles. The lowest BCUT2D eigenvalue weighted by molar-refractivity contribution is -0.153. The molecule has 3 aromatic rings. The van der Waals surface area contributed by atoms with Gasteiger partial charge in [0.15, 0.2) is 52.3 Å². The molecule has 2 fully saturated rings. The van der Waals surface area contributed by atoms with E-state index in [1.807, 2.05) is 24.3 Å². The first-order chi connectivity index (χ1) is 23.4. The number of aliphatic hydroxyl groups is 1. The van der Waals surface area contributed by atoms with Crippen LogP contribution in [0.2, 0.25) is 0 Å². The second-order valence-corrected chi connectivity index (χ2v) is 11.6. The molecule has 0 radical (unpaired) electrons. The van der Waals surface area contributed by atoms with E-state index < -0.39 is 36.1 Å². The molecule has 258 valence electrons. The first kappa shape index (κ1) is 32.1. The van der Waals surface area contributed by atoms with E-state index in [9.17, 15) is 5.11 Å². The van der Waals surface area contributed by atoms with Crippen LogP contribution in [0.3, 0.4) is 0 Å². The van der Waals surface area contributed by atoms with Crippen LogP contribution in [0.5, 0.6) is 57.5 Å². The summed E-state index contributed by atoms with van der Waals surface area (Å²) in [5.41, 5.74) is -0.0617. The quantitative estimate of drug-likeness (QED) is 0.316. The summed E-state index contributed by atoms with van der Waals surface area (Å²) in [5, 5.41) is 12.0. The molecule has 0 amide bonds. The molecule has 0 bridgehead atoms. The average Bonchev–Trinajstić information content (AvgIpc) is 3.80. The van der Waals surface area contributed by atoms with Crippen LogP contribution in [-0.4, -0.2) is 92.4 Å². The summed E-state index contributed by atoms with van der Waals surface area (Å²) in [7, 11) is 9.29. The maximum Gasteiger partial charge on any atom is 0.232 e. The number of methoxy groups -OCH3 is 6.